The lowest BCUT2D eigenvalue weighted by Gasteiger charge is -2.21. The van der Waals surface area contributed by atoms with Crippen LogP contribution < -0.4 is 10.7 Å². The van der Waals surface area contributed by atoms with E-state index in [0.29, 0.717) is 10.6 Å². The normalized spacial score (nSPS) is 12.5. The largest absolute Gasteiger partial charge is 0.486 e. The van der Waals surface area contributed by atoms with E-state index >= 15 is 0 Å². The average molecular weight is 352 g/mol. The highest BCUT2D eigenvalue weighted by Crippen LogP contribution is 2.33. The van der Waals surface area contributed by atoms with Crippen LogP contribution >= 0.6 is 19.4 Å². The lowest BCUT2D eigenvalue weighted by Crippen LogP contribution is -2.41. The molecule has 0 heterocycles. The molecule has 0 aliphatic rings. The summed E-state index contributed by atoms with van der Waals surface area (Å²) < 4.78 is 14.6. The van der Waals surface area contributed by atoms with Gasteiger partial charge in [0.05, 0.1) is 13.1 Å². The quantitative estimate of drug-likeness (QED) is 0.229. The van der Waals surface area contributed by atoms with Crippen molar-refractivity contribution in [2.24, 2.45) is 0 Å². The topological polar surface area (TPSA) is 95.9 Å². The van der Waals surface area contributed by atoms with Gasteiger partial charge in [0.2, 0.25) is 0 Å². The van der Waals surface area contributed by atoms with E-state index < -0.39 is 15.9 Å². The summed E-state index contributed by atoms with van der Waals surface area (Å²) in [5.41, 5.74) is 2.58. The van der Waals surface area contributed by atoms with E-state index in [4.69, 9.17) is 21.4 Å². The van der Waals surface area contributed by atoms with Gasteiger partial charge in [-0.2, -0.15) is 10.1 Å². The van der Waals surface area contributed by atoms with Crippen LogP contribution in [0.2, 0.25) is 24.7 Å². The number of hydrogen-bond donors (Lipinski definition) is 3. The van der Waals surface area contributed by atoms with Gasteiger partial charge >= 0.3 is 7.82 Å². The molecule has 9 heteroatoms. The molecule has 0 unspecified atom stereocenters. The molecule has 0 saturated carbocycles. The van der Waals surface area contributed by atoms with E-state index in [9.17, 15) is 9.36 Å². The zero-order valence-electron chi connectivity index (χ0n) is 12.1. The smallest absolute Gasteiger partial charge is 0.302 e. The molecule has 0 spiro atoms. The summed E-state index contributed by atoms with van der Waals surface area (Å²) in [4.78, 5) is 29.3. The summed E-state index contributed by atoms with van der Waals surface area (Å²) in [6.45, 7) is 6.33. The molecule has 0 fully saturated rings. The third-order valence-corrected chi connectivity index (χ3v) is 5.45. The van der Waals surface area contributed by atoms with Gasteiger partial charge in [-0.1, -0.05) is 43.4 Å². The fourth-order valence-corrected chi connectivity index (χ4v) is 4.09. The number of phosphoric acid groups is 1. The molecule has 1 aromatic rings. The summed E-state index contributed by atoms with van der Waals surface area (Å²) in [5, 5.41) is 1.37. The van der Waals surface area contributed by atoms with Gasteiger partial charge in [0.1, 0.15) is 0 Å². The van der Waals surface area contributed by atoms with E-state index in [-0.39, 0.29) is 18.7 Å². The first-order valence-corrected chi connectivity index (χ1v) is 11.7. The Morgan fingerprint density at radius 2 is 2.00 bits per heavy atom. The molecule has 0 aliphatic carbocycles. The van der Waals surface area contributed by atoms with E-state index in [0.717, 1.165) is 5.19 Å². The second kappa shape index (κ2) is 7.15. The molecular formula is C12H19ClNO5PSi. The second-order valence-corrected chi connectivity index (χ2v) is 12.2. The molecular weight excluding hydrogens is 333 g/mol. The van der Waals surface area contributed by atoms with Crippen molar-refractivity contribution in [3.63, 3.8) is 0 Å². The number of hydrogen-bond acceptors (Lipinski definition) is 4. The van der Waals surface area contributed by atoms with Crippen molar-refractivity contribution >= 4 is 38.5 Å². The Bertz CT molecular complexity index is 569. The predicted molar refractivity (Wildman–Crippen MR) is 84.5 cm³/mol. The fraction of sp³-hybridized carbons (Fsp3) is 0.417. The Hall–Kier alpha value is -0.533. The summed E-state index contributed by atoms with van der Waals surface area (Å²) in [7, 11) is -6.32. The highest BCUT2D eigenvalue weighted by molar-refractivity contribution is 7.46. The summed E-state index contributed by atoms with van der Waals surface area (Å²) in [5.74, 6) is -0.181. The molecule has 0 radical (unpaired) electrons. The zero-order valence-corrected chi connectivity index (χ0v) is 14.7. The molecule has 0 aliphatic heterocycles. The molecule has 21 heavy (non-hydrogen) atoms. The van der Waals surface area contributed by atoms with E-state index in [1.54, 1.807) is 6.07 Å². The molecule has 6 nitrogen and oxygen atoms in total. The van der Waals surface area contributed by atoms with E-state index in [1.165, 1.54) is 0 Å². The minimum atomic E-state index is -4.58. The number of benzene rings is 1. The fourth-order valence-electron chi connectivity index (χ4n) is 1.85. The van der Waals surface area contributed by atoms with Crippen molar-refractivity contribution in [1.82, 2.24) is 5.48 Å². The van der Waals surface area contributed by atoms with Crippen LogP contribution in [0.1, 0.15) is 16.8 Å². The molecule has 0 aromatic heterocycles. The third-order valence-electron chi connectivity index (χ3n) is 2.74. The van der Waals surface area contributed by atoms with E-state index in [1.807, 2.05) is 12.1 Å². The van der Waals surface area contributed by atoms with Gasteiger partial charge in [0.15, 0.2) is 5.78 Å². The molecule has 3 N–H and O–H groups in total. The number of carbonyl (C=O) groups is 1. The van der Waals surface area contributed by atoms with Crippen molar-refractivity contribution in [2.45, 2.75) is 26.1 Å². The first-order chi connectivity index (χ1) is 9.52. The number of ketones is 1. The number of rotatable bonds is 7. The Morgan fingerprint density at radius 1 is 1.38 bits per heavy atom. The van der Waals surface area contributed by atoms with Gasteiger partial charge in [-0.15, -0.1) is 0 Å². The predicted octanol–water partition coefficient (Wildman–Crippen LogP) is 2.07. The van der Waals surface area contributed by atoms with Crippen LogP contribution in [0, 0.1) is 0 Å². The molecule has 1 rings (SSSR count). The maximum Gasteiger partial charge on any atom is 0.486 e. The Balaban J connectivity index is 2.81. The molecule has 0 atom stereocenters. The minimum Gasteiger partial charge on any atom is -0.302 e. The third kappa shape index (κ3) is 6.00. The van der Waals surface area contributed by atoms with Crippen molar-refractivity contribution in [3.05, 3.63) is 28.8 Å². The summed E-state index contributed by atoms with van der Waals surface area (Å²) in [6.07, 6.45) is 0.0290. The Morgan fingerprint density at radius 3 is 2.52 bits per heavy atom. The molecule has 0 bridgehead atoms. The van der Waals surface area contributed by atoms with Gasteiger partial charge in [-0.3, -0.25) is 4.79 Å². The van der Waals surface area contributed by atoms with Crippen LogP contribution in [0.3, 0.4) is 0 Å². The first kappa shape index (κ1) is 18.5. The van der Waals surface area contributed by atoms with Crippen LogP contribution in [-0.4, -0.2) is 30.2 Å². The highest BCUT2D eigenvalue weighted by atomic mass is 35.5. The van der Waals surface area contributed by atoms with Crippen molar-refractivity contribution in [3.8, 4) is 0 Å². The van der Waals surface area contributed by atoms with Gasteiger partial charge in [0.25, 0.3) is 0 Å². The number of halogens is 1. The standard InChI is InChI=1S/C12H19ClNO5PSi/c1-21(2,3)11-6-4-5-9(13)12(11)10(15)7-8-14-19-20(16,17)18/h4-6,14H,7-8H2,1-3H3,(H2,16,17,18). The first-order valence-electron chi connectivity index (χ1n) is 6.31. The van der Waals surface area contributed by atoms with Crippen molar-refractivity contribution in [2.75, 3.05) is 6.54 Å². The molecule has 0 amide bonds. The zero-order chi connectivity index (χ0) is 16.3. The van der Waals surface area contributed by atoms with Gasteiger partial charge in [-0.05, 0) is 11.3 Å². The SMILES string of the molecule is C[Si](C)(C)c1cccc(Cl)c1C(=O)CCNOP(=O)(O)O. The van der Waals surface area contributed by atoms with Crippen LogP contribution in [0.5, 0.6) is 0 Å². The Labute approximate surface area is 129 Å². The minimum absolute atomic E-state index is 0.0136. The molecule has 1 aromatic carbocycles. The van der Waals surface area contributed by atoms with E-state index in [2.05, 4.69) is 29.7 Å². The Kier molecular flexibility index (Phi) is 6.31. The second-order valence-electron chi connectivity index (χ2n) is 5.56. The van der Waals surface area contributed by atoms with Gasteiger partial charge in [-0.25, -0.2) is 4.57 Å². The maximum atomic E-state index is 12.3. The van der Waals surface area contributed by atoms with Crippen molar-refractivity contribution in [1.29, 1.82) is 0 Å². The summed E-state index contributed by atoms with van der Waals surface area (Å²) in [6, 6.07) is 5.39. The molecule has 118 valence electrons. The van der Waals surface area contributed by atoms with Gasteiger partial charge in [0, 0.05) is 18.5 Å². The number of hydroxylamine groups is 1. The van der Waals surface area contributed by atoms with Crippen LogP contribution in [0.25, 0.3) is 0 Å². The summed E-state index contributed by atoms with van der Waals surface area (Å²) >= 11 is 6.14. The lowest BCUT2D eigenvalue weighted by molar-refractivity contribution is 0.0928. The maximum absolute atomic E-state index is 12.3. The number of carbonyl (C=O) groups excluding carboxylic acids is 1. The van der Waals surface area contributed by atoms with Crippen LogP contribution in [0.15, 0.2) is 18.2 Å². The number of Topliss-reactive ketones (excluding diaryl/α,β-unsaturated/α-hetero) is 1. The van der Waals surface area contributed by atoms with Crippen LogP contribution in [-0.2, 0) is 9.19 Å². The van der Waals surface area contributed by atoms with Gasteiger partial charge < -0.3 is 9.79 Å². The van der Waals surface area contributed by atoms with Crippen molar-refractivity contribution < 1.29 is 23.8 Å². The number of nitrogens with one attached hydrogen (secondary N) is 1. The average Bonchev–Trinajstić information content (AvgIpc) is 2.31. The molecule has 0 saturated heterocycles. The lowest BCUT2D eigenvalue weighted by atomic mass is 10.1. The van der Waals surface area contributed by atoms with Crippen LogP contribution in [0.4, 0.5) is 0 Å². The highest BCUT2D eigenvalue weighted by Gasteiger charge is 2.25. The monoisotopic (exact) mass is 351 g/mol.